The van der Waals surface area contributed by atoms with Crippen molar-refractivity contribution in [3.05, 3.63) is 89.5 Å². The zero-order valence-electron chi connectivity index (χ0n) is 17.9. The lowest BCUT2D eigenvalue weighted by molar-refractivity contribution is -0.116. The van der Waals surface area contributed by atoms with E-state index >= 15 is 0 Å². The van der Waals surface area contributed by atoms with Crippen LogP contribution in [0.1, 0.15) is 37.0 Å². The molecule has 29 heavy (non-hydrogen) atoms. The molecule has 0 heterocycles. The number of hydrogen-bond acceptors (Lipinski definition) is 1. The number of ketones is 1. The summed E-state index contributed by atoms with van der Waals surface area (Å²) >= 11 is 0. The van der Waals surface area contributed by atoms with E-state index in [4.69, 9.17) is 0 Å². The van der Waals surface area contributed by atoms with Crippen molar-refractivity contribution in [2.24, 2.45) is 0 Å². The maximum absolute atomic E-state index is 12.2. The zero-order chi connectivity index (χ0) is 20.3. The Bertz CT molecular complexity index is 833. The number of hydrogen-bond donors (Lipinski definition) is 0. The molecule has 0 saturated carbocycles. The third-order valence-electron chi connectivity index (χ3n) is 5.57. The van der Waals surface area contributed by atoms with Crippen LogP contribution in [-0.2, 0) is 4.79 Å². The van der Waals surface area contributed by atoms with Gasteiger partial charge in [0.1, 0.15) is 29.0 Å². The molecule has 0 aliphatic carbocycles. The highest BCUT2D eigenvalue weighted by Gasteiger charge is 2.50. The van der Waals surface area contributed by atoms with E-state index in [1.807, 2.05) is 0 Å². The Labute approximate surface area is 186 Å². The third kappa shape index (κ3) is 4.87. The molecule has 3 heteroatoms. The van der Waals surface area contributed by atoms with Crippen molar-refractivity contribution >= 4 is 29.0 Å². The molecule has 3 rings (SSSR count). The number of rotatable bonds is 6. The standard InChI is InChI=1S/C26H30OP.BrH/c1-19-6-12-24(13-7-19)28(23(5)18-22(4)27,25-14-8-20(2)9-15-25)26-16-10-21(3)11-17-26;/h6-17,23H,18H2,1-5H3;1H/q+1;/p-1. The van der Waals surface area contributed by atoms with Gasteiger partial charge in [0, 0.05) is 6.42 Å². The van der Waals surface area contributed by atoms with Crippen molar-refractivity contribution in [2.45, 2.75) is 46.7 Å². The van der Waals surface area contributed by atoms with E-state index in [-0.39, 0.29) is 28.4 Å². The fourth-order valence-electron chi connectivity index (χ4n) is 4.10. The van der Waals surface area contributed by atoms with E-state index in [1.54, 1.807) is 6.92 Å². The summed E-state index contributed by atoms with van der Waals surface area (Å²) in [6, 6.07) is 26.9. The Balaban J connectivity index is 0.00000300. The highest BCUT2D eigenvalue weighted by atomic mass is 79.9. The Kier molecular flexibility index (Phi) is 7.97. The van der Waals surface area contributed by atoms with Gasteiger partial charge in [-0.05, 0) is 71.0 Å². The normalized spacial score (nSPS) is 12.2. The van der Waals surface area contributed by atoms with Crippen LogP contribution < -0.4 is 32.9 Å². The van der Waals surface area contributed by atoms with Gasteiger partial charge in [0.2, 0.25) is 0 Å². The molecule has 0 amide bonds. The minimum Gasteiger partial charge on any atom is -1.00 e. The molecule has 152 valence electrons. The third-order valence-corrected chi connectivity index (χ3v) is 10.4. The summed E-state index contributed by atoms with van der Waals surface area (Å²) in [6.07, 6.45) is 0.587. The molecule has 0 saturated heterocycles. The predicted octanol–water partition coefficient (Wildman–Crippen LogP) is 2.28. The Morgan fingerprint density at radius 1 is 0.690 bits per heavy atom. The van der Waals surface area contributed by atoms with Crippen LogP contribution >= 0.6 is 7.26 Å². The lowest BCUT2D eigenvalue weighted by atomic mass is 10.2. The van der Waals surface area contributed by atoms with Crippen molar-refractivity contribution in [3.63, 3.8) is 0 Å². The average molecular weight is 469 g/mol. The van der Waals surface area contributed by atoms with Gasteiger partial charge in [0.05, 0.1) is 5.66 Å². The summed E-state index contributed by atoms with van der Waals surface area (Å²) in [7, 11) is -1.98. The summed E-state index contributed by atoms with van der Waals surface area (Å²) in [5.74, 6) is 0.253. The molecule has 3 aromatic carbocycles. The number of aryl methyl sites for hydroxylation is 3. The van der Waals surface area contributed by atoms with E-state index in [0.29, 0.717) is 6.42 Å². The average Bonchev–Trinajstić information content (AvgIpc) is 2.66. The Morgan fingerprint density at radius 3 is 1.21 bits per heavy atom. The number of benzene rings is 3. The first-order valence-electron chi connectivity index (χ1n) is 9.94. The molecular formula is C26H30BrOP. The zero-order valence-corrected chi connectivity index (χ0v) is 20.4. The van der Waals surface area contributed by atoms with Gasteiger partial charge in [-0.2, -0.15) is 0 Å². The van der Waals surface area contributed by atoms with Crippen LogP contribution in [0.5, 0.6) is 0 Å². The second-order valence-corrected chi connectivity index (χ2v) is 11.9. The molecule has 1 nitrogen and oxygen atoms in total. The summed E-state index contributed by atoms with van der Waals surface area (Å²) < 4.78 is 0. The number of Topliss-reactive ketones (excluding diaryl/α,β-unsaturated/α-hetero) is 1. The van der Waals surface area contributed by atoms with Gasteiger partial charge >= 0.3 is 0 Å². The van der Waals surface area contributed by atoms with Crippen molar-refractivity contribution in [1.29, 1.82) is 0 Å². The van der Waals surface area contributed by atoms with Gasteiger partial charge in [-0.3, -0.25) is 4.79 Å². The van der Waals surface area contributed by atoms with Crippen molar-refractivity contribution in [1.82, 2.24) is 0 Å². The molecular weight excluding hydrogens is 439 g/mol. The molecule has 0 N–H and O–H groups in total. The monoisotopic (exact) mass is 468 g/mol. The van der Waals surface area contributed by atoms with Gasteiger partial charge in [0.15, 0.2) is 0 Å². The largest absolute Gasteiger partial charge is 1.00 e. The summed E-state index contributed by atoms with van der Waals surface area (Å²) in [6.45, 7) is 10.3. The van der Waals surface area contributed by atoms with Crippen LogP contribution in [-0.4, -0.2) is 11.4 Å². The first-order chi connectivity index (χ1) is 13.3. The van der Waals surface area contributed by atoms with E-state index in [9.17, 15) is 4.79 Å². The highest BCUT2D eigenvalue weighted by Crippen LogP contribution is 2.60. The number of halogens is 1. The summed E-state index contributed by atoms with van der Waals surface area (Å²) in [5, 5.41) is 4.04. The van der Waals surface area contributed by atoms with E-state index in [2.05, 4.69) is 100 Å². The van der Waals surface area contributed by atoms with Crippen molar-refractivity contribution in [2.75, 3.05) is 0 Å². The molecule has 1 unspecified atom stereocenters. The second-order valence-electron chi connectivity index (χ2n) is 7.98. The molecule has 3 aromatic rings. The van der Waals surface area contributed by atoms with E-state index in [1.165, 1.54) is 32.6 Å². The number of carbonyl (C=O) groups excluding carboxylic acids is 1. The second kappa shape index (κ2) is 9.83. The number of carbonyl (C=O) groups is 1. The smallest absolute Gasteiger partial charge is 0.133 e. The highest BCUT2D eigenvalue weighted by molar-refractivity contribution is 7.96. The lowest BCUT2D eigenvalue weighted by Gasteiger charge is -2.33. The SMILES string of the molecule is CC(=O)CC(C)[P+](c1ccc(C)cc1)(c1ccc(C)cc1)c1ccc(C)cc1.[Br-]. The topological polar surface area (TPSA) is 17.1 Å². The van der Waals surface area contributed by atoms with Gasteiger partial charge in [0.25, 0.3) is 0 Å². The van der Waals surface area contributed by atoms with Crippen LogP contribution in [0.15, 0.2) is 72.8 Å². The molecule has 1 atom stereocenters. The quantitative estimate of drug-likeness (QED) is 0.507. The van der Waals surface area contributed by atoms with Crippen molar-refractivity contribution < 1.29 is 21.8 Å². The van der Waals surface area contributed by atoms with E-state index < -0.39 is 7.26 Å². The van der Waals surface area contributed by atoms with Gasteiger partial charge in [-0.1, -0.05) is 53.1 Å². The fraction of sp³-hybridized carbons (Fsp3) is 0.269. The molecule has 0 radical (unpaired) electrons. The minimum atomic E-state index is -1.98. The van der Waals surface area contributed by atoms with Crippen LogP contribution in [0.25, 0.3) is 0 Å². The summed E-state index contributed by atoms with van der Waals surface area (Å²) in [5.41, 5.74) is 4.01. The predicted molar refractivity (Wildman–Crippen MR) is 124 cm³/mol. The molecule has 0 spiro atoms. The van der Waals surface area contributed by atoms with Crippen molar-refractivity contribution in [3.8, 4) is 0 Å². The lowest BCUT2D eigenvalue weighted by Crippen LogP contribution is -3.00. The summed E-state index contributed by atoms with van der Waals surface area (Å²) in [4.78, 5) is 12.2. The molecule has 0 aliphatic heterocycles. The van der Waals surface area contributed by atoms with Gasteiger partial charge in [-0.15, -0.1) is 0 Å². The molecule has 0 bridgehead atoms. The first kappa shape index (κ1) is 23.5. The fourth-order valence-corrected chi connectivity index (χ4v) is 8.91. The first-order valence-corrected chi connectivity index (χ1v) is 11.8. The van der Waals surface area contributed by atoms with Gasteiger partial charge in [-0.25, -0.2) is 0 Å². The van der Waals surface area contributed by atoms with Gasteiger partial charge < -0.3 is 17.0 Å². The minimum absolute atomic E-state index is 0. The van der Waals surface area contributed by atoms with Crippen LogP contribution in [0.3, 0.4) is 0 Å². The van der Waals surface area contributed by atoms with Crippen LogP contribution in [0.2, 0.25) is 0 Å². The van der Waals surface area contributed by atoms with E-state index in [0.717, 1.165) is 0 Å². The molecule has 0 fully saturated rings. The van der Waals surface area contributed by atoms with Crippen LogP contribution in [0.4, 0.5) is 0 Å². The molecule has 0 aromatic heterocycles. The van der Waals surface area contributed by atoms with Crippen LogP contribution in [0, 0.1) is 20.8 Å². The maximum Gasteiger partial charge on any atom is 0.133 e. The maximum atomic E-state index is 12.2. The Morgan fingerprint density at radius 2 is 0.966 bits per heavy atom. The molecule has 0 aliphatic rings. The Hall–Kier alpha value is -1.76.